The zero-order valence-corrected chi connectivity index (χ0v) is 11.3. The van der Waals surface area contributed by atoms with Crippen molar-refractivity contribution >= 4 is 5.91 Å². The lowest BCUT2D eigenvalue weighted by Gasteiger charge is -2.34. The number of hydrogen-bond donors (Lipinski definition) is 1. The molecule has 0 unspecified atom stereocenters. The van der Waals surface area contributed by atoms with Crippen LogP contribution < -0.4 is 5.73 Å². The second kappa shape index (κ2) is 6.97. The summed E-state index contributed by atoms with van der Waals surface area (Å²) < 4.78 is 5.15. The van der Waals surface area contributed by atoms with Gasteiger partial charge in [-0.1, -0.05) is 20.3 Å². The Balaban J connectivity index is 2.40. The molecule has 0 aromatic carbocycles. The third-order valence-electron chi connectivity index (χ3n) is 3.87. The van der Waals surface area contributed by atoms with E-state index in [1.165, 1.54) is 0 Å². The van der Waals surface area contributed by atoms with Crippen molar-refractivity contribution in [2.24, 2.45) is 17.6 Å². The van der Waals surface area contributed by atoms with E-state index in [1.54, 1.807) is 7.11 Å². The Morgan fingerprint density at radius 1 is 1.47 bits per heavy atom. The molecule has 1 heterocycles. The number of rotatable bonds is 5. The number of carbonyl (C=O) groups is 1. The van der Waals surface area contributed by atoms with Crippen molar-refractivity contribution < 1.29 is 9.53 Å². The smallest absolute Gasteiger partial charge is 0.239 e. The van der Waals surface area contributed by atoms with Crippen LogP contribution in [0.1, 0.15) is 33.1 Å². The molecule has 4 nitrogen and oxygen atoms in total. The predicted octanol–water partition coefficient (Wildman–Crippen LogP) is 1.24. The first kappa shape index (κ1) is 14.5. The standard InChI is InChI=1S/C13H26N2O2/c1-4-10(2)12(14)13(16)15-7-5-11(6-8-15)9-17-3/h10-12H,4-9,14H2,1-3H3/t10-,12-/m0/s1. The van der Waals surface area contributed by atoms with Crippen LogP contribution in [0.25, 0.3) is 0 Å². The molecule has 0 spiro atoms. The number of amides is 1. The van der Waals surface area contributed by atoms with E-state index in [2.05, 4.69) is 6.92 Å². The molecule has 100 valence electrons. The van der Waals surface area contributed by atoms with Crippen molar-refractivity contribution in [1.82, 2.24) is 4.90 Å². The molecule has 0 aliphatic carbocycles. The second-order valence-corrected chi connectivity index (χ2v) is 5.14. The highest BCUT2D eigenvalue weighted by atomic mass is 16.5. The Morgan fingerprint density at radius 2 is 2.06 bits per heavy atom. The third-order valence-corrected chi connectivity index (χ3v) is 3.87. The van der Waals surface area contributed by atoms with Gasteiger partial charge in [-0.3, -0.25) is 4.79 Å². The Kier molecular flexibility index (Phi) is 5.92. The minimum Gasteiger partial charge on any atom is -0.384 e. The van der Waals surface area contributed by atoms with Gasteiger partial charge in [0, 0.05) is 26.8 Å². The van der Waals surface area contributed by atoms with E-state index >= 15 is 0 Å². The van der Waals surface area contributed by atoms with Crippen LogP contribution >= 0.6 is 0 Å². The molecule has 0 bridgehead atoms. The van der Waals surface area contributed by atoms with Gasteiger partial charge in [0.2, 0.25) is 5.91 Å². The largest absolute Gasteiger partial charge is 0.384 e. The number of ether oxygens (including phenoxy) is 1. The highest BCUT2D eigenvalue weighted by Gasteiger charge is 2.28. The molecule has 1 fully saturated rings. The van der Waals surface area contributed by atoms with Crippen LogP contribution in [0.2, 0.25) is 0 Å². The molecule has 17 heavy (non-hydrogen) atoms. The van der Waals surface area contributed by atoms with E-state index in [0.717, 1.165) is 39.0 Å². The lowest BCUT2D eigenvalue weighted by atomic mass is 9.94. The lowest BCUT2D eigenvalue weighted by Crippen LogP contribution is -2.49. The van der Waals surface area contributed by atoms with Crippen molar-refractivity contribution in [2.45, 2.75) is 39.2 Å². The number of piperidine rings is 1. The minimum absolute atomic E-state index is 0.121. The van der Waals surface area contributed by atoms with Crippen molar-refractivity contribution in [3.63, 3.8) is 0 Å². The van der Waals surface area contributed by atoms with Crippen LogP contribution in [-0.4, -0.2) is 43.7 Å². The summed E-state index contributed by atoms with van der Waals surface area (Å²) >= 11 is 0. The average Bonchev–Trinajstić information content (AvgIpc) is 2.37. The van der Waals surface area contributed by atoms with Crippen LogP contribution in [-0.2, 0) is 9.53 Å². The quantitative estimate of drug-likeness (QED) is 0.789. The number of hydrogen-bond acceptors (Lipinski definition) is 3. The molecule has 0 aromatic rings. The highest BCUT2D eigenvalue weighted by Crippen LogP contribution is 2.19. The van der Waals surface area contributed by atoms with Gasteiger partial charge in [0.25, 0.3) is 0 Å². The number of nitrogens with zero attached hydrogens (tertiary/aromatic N) is 1. The summed E-state index contributed by atoms with van der Waals surface area (Å²) in [6.07, 6.45) is 3.02. The van der Waals surface area contributed by atoms with Crippen LogP contribution in [0.5, 0.6) is 0 Å². The summed E-state index contributed by atoms with van der Waals surface area (Å²) in [6.45, 7) is 6.58. The molecule has 4 heteroatoms. The minimum atomic E-state index is -0.334. The summed E-state index contributed by atoms with van der Waals surface area (Å²) in [7, 11) is 1.73. The van der Waals surface area contributed by atoms with Gasteiger partial charge in [0.1, 0.15) is 0 Å². The maximum atomic E-state index is 12.1. The first-order chi connectivity index (χ1) is 8.10. The van der Waals surface area contributed by atoms with Gasteiger partial charge in [-0.25, -0.2) is 0 Å². The molecule has 0 aromatic heterocycles. The Bertz CT molecular complexity index is 238. The number of carbonyl (C=O) groups excluding carboxylic acids is 1. The van der Waals surface area contributed by atoms with Gasteiger partial charge in [-0.05, 0) is 24.7 Å². The zero-order chi connectivity index (χ0) is 12.8. The third kappa shape index (κ3) is 3.96. The molecule has 2 atom stereocenters. The molecular formula is C13H26N2O2. The van der Waals surface area contributed by atoms with E-state index in [0.29, 0.717) is 5.92 Å². The van der Waals surface area contributed by atoms with Crippen LogP contribution in [0, 0.1) is 11.8 Å². The predicted molar refractivity (Wildman–Crippen MR) is 68.6 cm³/mol. The van der Waals surface area contributed by atoms with Crippen molar-refractivity contribution in [3.05, 3.63) is 0 Å². The fraction of sp³-hybridized carbons (Fsp3) is 0.923. The Hall–Kier alpha value is -0.610. The summed E-state index contributed by atoms with van der Waals surface area (Å²) in [5, 5.41) is 0. The van der Waals surface area contributed by atoms with Crippen molar-refractivity contribution in [3.8, 4) is 0 Å². The van der Waals surface area contributed by atoms with Crippen LogP contribution in [0.4, 0.5) is 0 Å². The summed E-state index contributed by atoms with van der Waals surface area (Å²) in [5.41, 5.74) is 5.98. The normalized spacial score (nSPS) is 21.3. The fourth-order valence-corrected chi connectivity index (χ4v) is 2.26. The summed E-state index contributed by atoms with van der Waals surface area (Å²) in [4.78, 5) is 14.1. The van der Waals surface area contributed by atoms with E-state index in [4.69, 9.17) is 10.5 Å². The molecule has 1 aliphatic rings. The first-order valence-electron chi connectivity index (χ1n) is 6.63. The molecule has 1 rings (SSSR count). The van der Waals surface area contributed by atoms with Crippen LogP contribution in [0.15, 0.2) is 0 Å². The zero-order valence-electron chi connectivity index (χ0n) is 11.3. The van der Waals surface area contributed by atoms with Crippen LogP contribution in [0.3, 0.4) is 0 Å². The maximum Gasteiger partial charge on any atom is 0.239 e. The summed E-state index contributed by atoms with van der Waals surface area (Å²) in [6, 6.07) is -0.334. The molecular weight excluding hydrogens is 216 g/mol. The molecule has 1 amide bonds. The van der Waals surface area contributed by atoms with Gasteiger partial charge in [0.15, 0.2) is 0 Å². The van der Waals surface area contributed by atoms with E-state index in [1.807, 2.05) is 11.8 Å². The van der Waals surface area contributed by atoms with Gasteiger partial charge in [0.05, 0.1) is 6.04 Å². The first-order valence-corrected chi connectivity index (χ1v) is 6.63. The van der Waals surface area contributed by atoms with E-state index in [-0.39, 0.29) is 17.9 Å². The van der Waals surface area contributed by atoms with E-state index in [9.17, 15) is 4.79 Å². The van der Waals surface area contributed by atoms with Gasteiger partial charge < -0.3 is 15.4 Å². The van der Waals surface area contributed by atoms with Crippen molar-refractivity contribution in [1.29, 1.82) is 0 Å². The number of likely N-dealkylation sites (tertiary alicyclic amines) is 1. The Morgan fingerprint density at radius 3 is 2.53 bits per heavy atom. The SMILES string of the molecule is CC[C@H](C)[C@H](N)C(=O)N1CCC(COC)CC1. The van der Waals surface area contributed by atoms with Crippen molar-refractivity contribution in [2.75, 3.05) is 26.8 Å². The monoisotopic (exact) mass is 242 g/mol. The van der Waals surface area contributed by atoms with Gasteiger partial charge >= 0.3 is 0 Å². The molecule has 2 N–H and O–H groups in total. The number of methoxy groups -OCH3 is 1. The van der Waals surface area contributed by atoms with Gasteiger partial charge in [-0.2, -0.15) is 0 Å². The lowest BCUT2D eigenvalue weighted by molar-refractivity contribution is -0.135. The highest BCUT2D eigenvalue weighted by molar-refractivity contribution is 5.82. The topological polar surface area (TPSA) is 55.6 Å². The fourth-order valence-electron chi connectivity index (χ4n) is 2.26. The maximum absolute atomic E-state index is 12.1. The molecule has 1 aliphatic heterocycles. The molecule has 1 saturated heterocycles. The summed E-state index contributed by atoms with van der Waals surface area (Å²) in [5.74, 6) is 0.985. The van der Waals surface area contributed by atoms with Gasteiger partial charge in [-0.15, -0.1) is 0 Å². The molecule has 0 radical (unpaired) electrons. The molecule has 0 saturated carbocycles. The second-order valence-electron chi connectivity index (χ2n) is 5.14. The van der Waals surface area contributed by atoms with E-state index < -0.39 is 0 Å². The Labute approximate surface area is 104 Å². The average molecular weight is 242 g/mol. The number of nitrogens with two attached hydrogens (primary N) is 1.